The van der Waals surface area contributed by atoms with E-state index in [4.69, 9.17) is 5.11 Å². The summed E-state index contributed by atoms with van der Waals surface area (Å²) in [7, 11) is 0. The van der Waals surface area contributed by atoms with E-state index in [0.29, 0.717) is 5.69 Å². The maximum Gasteiger partial charge on any atom is 0.341 e. The number of rotatable bonds is 3. The molecule has 0 aliphatic heterocycles. The number of aromatic carboxylic acids is 1. The summed E-state index contributed by atoms with van der Waals surface area (Å²) in [6.45, 7) is 3.85. The van der Waals surface area contributed by atoms with Crippen LogP contribution in [0.5, 0.6) is 0 Å². The summed E-state index contributed by atoms with van der Waals surface area (Å²) in [6, 6.07) is 9.17. The Morgan fingerprint density at radius 3 is 2.42 bits per heavy atom. The second-order valence-corrected chi connectivity index (χ2v) is 4.39. The van der Waals surface area contributed by atoms with Gasteiger partial charge in [0.05, 0.1) is 0 Å². The number of carboxylic acid groups (broad SMARTS) is 1. The molecule has 1 heterocycles. The Bertz CT molecular complexity index is 669. The third kappa shape index (κ3) is 2.57. The molecule has 0 fully saturated rings. The van der Waals surface area contributed by atoms with Crippen LogP contribution in [0.3, 0.4) is 0 Å². The second kappa shape index (κ2) is 5.10. The van der Waals surface area contributed by atoms with Crippen LogP contribution in [0.2, 0.25) is 0 Å². The number of carbonyl (C=O) groups is 1. The summed E-state index contributed by atoms with van der Waals surface area (Å²) in [5.41, 5.74) is 2.08. The Balaban J connectivity index is 2.57. The van der Waals surface area contributed by atoms with E-state index in [1.165, 1.54) is 17.8 Å². The lowest BCUT2D eigenvalue weighted by atomic mass is 10.1. The van der Waals surface area contributed by atoms with Crippen molar-refractivity contribution in [3.63, 3.8) is 0 Å². The van der Waals surface area contributed by atoms with Crippen LogP contribution in [-0.4, -0.2) is 15.6 Å². The average Bonchev–Trinajstić information content (AvgIpc) is 2.38. The fourth-order valence-corrected chi connectivity index (χ4v) is 1.96. The topological polar surface area (TPSA) is 59.3 Å². The van der Waals surface area contributed by atoms with Crippen molar-refractivity contribution in [1.29, 1.82) is 0 Å². The molecular formula is C15H15NO3. The molecule has 0 atom stereocenters. The molecule has 98 valence electrons. The van der Waals surface area contributed by atoms with E-state index in [9.17, 15) is 9.59 Å². The van der Waals surface area contributed by atoms with Crippen LogP contribution in [0.25, 0.3) is 5.69 Å². The minimum atomic E-state index is -1.20. The van der Waals surface area contributed by atoms with Gasteiger partial charge in [-0.15, -0.1) is 0 Å². The molecule has 0 saturated heterocycles. The number of hydrogen-bond donors (Lipinski definition) is 1. The first-order valence-corrected chi connectivity index (χ1v) is 6.09. The van der Waals surface area contributed by atoms with Crippen molar-refractivity contribution < 1.29 is 9.90 Å². The largest absolute Gasteiger partial charge is 0.477 e. The van der Waals surface area contributed by atoms with Crippen LogP contribution >= 0.6 is 0 Å². The van der Waals surface area contributed by atoms with Gasteiger partial charge in [-0.25, -0.2) is 4.79 Å². The predicted molar refractivity (Wildman–Crippen MR) is 73.1 cm³/mol. The molecule has 2 aromatic rings. The van der Waals surface area contributed by atoms with E-state index in [1.54, 1.807) is 11.5 Å². The standard InChI is InChI=1S/C15H15NO3/c1-3-11-4-6-12(7-5-11)16-9-13(15(18)19)14(17)8-10(16)2/h4-9H,3H2,1-2H3,(H,18,19). The molecule has 2 rings (SSSR count). The normalized spacial score (nSPS) is 10.4. The summed E-state index contributed by atoms with van der Waals surface area (Å²) in [4.78, 5) is 22.6. The van der Waals surface area contributed by atoms with Gasteiger partial charge in [-0.1, -0.05) is 19.1 Å². The van der Waals surface area contributed by atoms with Crippen LogP contribution in [0.15, 0.2) is 41.3 Å². The van der Waals surface area contributed by atoms with Gasteiger partial charge in [-0.05, 0) is 31.0 Å². The summed E-state index contributed by atoms with van der Waals surface area (Å²) >= 11 is 0. The first kappa shape index (κ1) is 13.1. The van der Waals surface area contributed by atoms with Gasteiger partial charge in [0.25, 0.3) is 0 Å². The molecule has 0 amide bonds. The van der Waals surface area contributed by atoms with E-state index in [2.05, 4.69) is 6.92 Å². The van der Waals surface area contributed by atoms with Crippen LogP contribution in [0.4, 0.5) is 0 Å². The lowest BCUT2D eigenvalue weighted by Crippen LogP contribution is -2.18. The molecule has 0 unspecified atom stereocenters. The third-order valence-corrected chi connectivity index (χ3v) is 3.10. The number of benzene rings is 1. The van der Waals surface area contributed by atoms with Crippen molar-refractivity contribution in [1.82, 2.24) is 4.57 Å². The quantitative estimate of drug-likeness (QED) is 0.918. The predicted octanol–water partition coefficient (Wildman–Crippen LogP) is 2.41. The highest BCUT2D eigenvalue weighted by atomic mass is 16.4. The average molecular weight is 257 g/mol. The minimum absolute atomic E-state index is 0.217. The third-order valence-electron chi connectivity index (χ3n) is 3.10. The number of nitrogens with zero attached hydrogens (tertiary/aromatic N) is 1. The smallest absolute Gasteiger partial charge is 0.341 e. The van der Waals surface area contributed by atoms with Gasteiger partial charge in [-0.2, -0.15) is 0 Å². The maximum absolute atomic E-state index is 11.6. The van der Waals surface area contributed by atoms with Gasteiger partial charge >= 0.3 is 5.97 Å². The van der Waals surface area contributed by atoms with Gasteiger partial charge in [0.1, 0.15) is 5.56 Å². The van der Waals surface area contributed by atoms with E-state index < -0.39 is 11.4 Å². The molecule has 4 heteroatoms. The highest BCUT2D eigenvalue weighted by Gasteiger charge is 2.11. The molecule has 19 heavy (non-hydrogen) atoms. The summed E-state index contributed by atoms with van der Waals surface area (Å²) < 4.78 is 1.71. The SMILES string of the molecule is CCc1ccc(-n2cc(C(=O)O)c(=O)cc2C)cc1. The van der Waals surface area contributed by atoms with E-state index in [-0.39, 0.29) is 5.56 Å². The molecule has 1 aromatic carbocycles. The summed E-state index contributed by atoms with van der Waals surface area (Å²) in [5.74, 6) is -1.20. The highest BCUT2D eigenvalue weighted by Crippen LogP contribution is 2.13. The van der Waals surface area contributed by atoms with Gasteiger partial charge in [0.15, 0.2) is 5.43 Å². The molecule has 0 bridgehead atoms. The molecule has 0 spiro atoms. The first-order chi connectivity index (χ1) is 9.02. The lowest BCUT2D eigenvalue weighted by molar-refractivity contribution is 0.0695. The van der Waals surface area contributed by atoms with Gasteiger partial charge < -0.3 is 9.67 Å². The molecule has 0 aliphatic carbocycles. The minimum Gasteiger partial charge on any atom is -0.477 e. The monoisotopic (exact) mass is 257 g/mol. The van der Waals surface area contributed by atoms with Crippen LogP contribution < -0.4 is 5.43 Å². The molecule has 0 saturated carbocycles. The van der Waals surface area contributed by atoms with Crippen molar-refractivity contribution in [3.8, 4) is 5.69 Å². The molecule has 0 aliphatic rings. The fourth-order valence-electron chi connectivity index (χ4n) is 1.96. The second-order valence-electron chi connectivity index (χ2n) is 4.39. The number of hydrogen-bond acceptors (Lipinski definition) is 2. The van der Waals surface area contributed by atoms with Crippen molar-refractivity contribution in [2.75, 3.05) is 0 Å². The maximum atomic E-state index is 11.6. The van der Waals surface area contributed by atoms with Gasteiger partial charge in [0, 0.05) is 23.6 Å². The molecule has 1 aromatic heterocycles. The number of aryl methyl sites for hydroxylation is 2. The van der Waals surface area contributed by atoms with Gasteiger partial charge in [-0.3, -0.25) is 4.79 Å². The van der Waals surface area contributed by atoms with E-state index >= 15 is 0 Å². The highest BCUT2D eigenvalue weighted by molar-refractivity contribution is 5.87. The van der Waals surface area contributed by atoms with Crippen LogP contribution in [0, 0.1) is 6.92 Å². The molecule has 1 N–H and O–H groups in total. The number of aromatic nitrogens is 1. The summed E-state index contributed by atoms with van der Waals surface area (Å²) in [5, 5.41) is 9.00. The Labute approximate surface area is 110 Å². The van der Waals surface area contributed by atoms with Crippen molar-refractivity contribution in [3.05, 3.63) is 63.6 Å². The van der Waals surface area contributed by atoms with E-state index in [0.717, 1.165) is 12.1 Å². The van der Waals surface area contributed by atoms with Crippen molar-refractivity contribution in [2.45, 2.75) is 20.3 Å². The van der Waals surface area contributed by atoms with Gasteiger partial charge in [0.2, 0.25) is 0 Å². The van der Waals surface area contributed by atoms with Crippen LogP contribution in [-0.2, 0) is 6.42 Å². The zero-order valence-corrected chi connectivity index (χ0v) is 10.9. The molecule has 4 nitrogen and oxygen atoms in total. The number of carboxylic acids is 1. The zero-order valence-electron chi connectivity index (χ0n) is 10.9. The van der Waals surface area contributed by atoms with Crippen molar-refractivity contribution in [2.24, 2.45) is 0 Å². The summed E-state index contributed by atoms with van der Waals surface area (Å²) in [6.07, 6.45) is 2.32. The zero-order chi connectivity index (χ0) is 14.0. The van der Waals surface area contributed by atoms with E-state index in [1.807, 2.05) is 24.3 Å². The first-order valence-electron chi connectivity index (χ1n) is 6.09. The fraction of sp³-hybridized carbons (Fsp3) is 0.200. The Morgan fingerprint density at radius 1 is 1.26 bits per heavy atom. The van der Waals surface area contributed by atoms with Crippen LogP contribution in [0.1, 0.15) is 28.5 Å². The van der Waals surface area contributed by atoms with Crippen molar-refractivity contribution >= 4 is 5.97 Å². The Hall–Kier alpha value is -2.36. The number of pyridine rings is 1. The lowest BCUT2D eigenvalue weighted by Gasteiger charge is -2.12. The molecular weight excluding hydrogens is 242 g/mol. The molecule has 0 radical (unpaired) electrons. The Kier molecular flexibility index (Phi) is 3.51. The Morgan fingerprint density at radius 2 is 1.89 bits per heavy atom.